The molecule has 3 nitrogen and oxygen atoms in total. The molecule has 2 fully saturated rings. The quantitative estimate of drug-likeness (QED) is 0.777. The Hall–Kier alpha value is -0.120. The van der Waals surface area contributed by atoms with E-state index in [-0.39, 0.29) is 0 Å². The fourth-order valence-corrected chi connectivity index (χ4v) is 3.23. The molecular formula is C13H27N3. The van der Waals surface area contributed by atoms with E-state index < -0.39 is 0 Å². The van der Waals surface area contributed by atoms with Gasteiger partial charge in [-0.05, 0) is 53.8 Å². The van der Waals surface area contributed by atoms with Crippen LogP contribution >= 0.6 is 0 Å². The van der Waals surface area contributed by atoms with Crippen molar-refractivity contribution in [3.63, 3.8) is 0 Å². The summed E-state index contributed by atoms with van der Waals surface area (Å²) in [5, 5.41) is 3.86. The van der Waals surface area contributed by atoms with Crippen LogP contribution in [0.5, 0.6) is 0 Å². The number of rotatable bonds is 3. The van der Waals surface area contributed by atoms with Gasteiger partial charge in [0.05, 0.1) is 0 Å². The Morgan fingerprint density at radius 2 is 1.88 bits per heavy atom. The van der Waals surface area contributed by atoms with Gasteiger partial charge in [-0.1, -0.05) is 0 Å². The van der Waals surface area contributed by atoms with Gasteiger partial charge in [-0.25, -0.2) is 0 Å². The van der Waals surface area contributed by atoms with Gasteiger partial charge in [-0.3, -0.25) is 0 Å². The molecule has 1 N–H and O–H groups in total. The Morgan fingerprint density at radius 3 is 2.38 bits per heavy atom. The maximum atomic E-state index is 3.86. The number of likely N-dealkylation sites (N-methyl/N-ethyl adjacent to an activating group) is 1. The molecule has 4 atom stereocenters. The van der Waals surface area contributed by atoms with Crippen LogP contribution in [0, 0.1) is 0 Å². The molecule has 0 radical (unpaired) electrons. The molecule has 2 aliphatic rings. The molecule has 94 valence electrons. The number of hydrogen-bond acceptors (Lipinski definition) is 3. The van der Waals surface area contributed by atoms with Crippen molar-refractivity contribution in [2.24, 2.45) is 0 Å². The molecule has 1 saturated carbocycles. The molecule has 1 aliphatic heterocycles. The lowest BCUT2D eigenvalue weighted by Crippen LogP contribution is -2.39. The van der Waals surface area contributed by atoms with Gasteiger partial charge < -0.3 is 15.1 Å². The normalized spacial score (nSPS) is 41.1. The average Bonchev–Trinajstić information content (AvgIpc) is 2.76. The van der Waals surface area contributed by atoms with Gasteiger partial charge in [0.1, 0.15) is 0 Å². The molecular weight excluding hydrogens is 198 g/mol. The van der Waals surface area contributed by atoms with Crippen LogP contribution in [0.25, 0.3) is 0 Å². The van der Waals surface area contributed by atoms with Crippen molar-refractivity contribution in [1.29, 1.82) is 0 Å². The van der Waals surface area contributed by atoms with Crippen molar-refractivity contribution in [1.82, 2.24) is 15.1 Å². The van der Waals surface area contributed by atoms with Gasteiger partial charge in [-0.2, -0.15) is 0 Å². The summed E-state index contributed by atoms with van der Waals surface area (Å²) < 4.78 is 0. The van der Waals surface area contributed by atoms with Crippen molar-refractivity contribution in [3.8, 4) is 0 Å². The highest BCUT2D eigenvalue weighted by atomic mass is 15.2. The lowest BCUT2D eigenvalue weighted by atomic mass is 10.1. The number of nitrogens with zero attached hydrogens (tertiary/aromatic N) is 2. The number of hydrogen-bond donors (Lipinski definition) is 1. The summed E-state index contributed by atoms with van der Waals surface area (Å²) in [7, 11) is 6.65. The van der Waals surface area contributed by atoms with Gasteiger partial charge >= 0.3 is 0 Å². The molecule has 0 bridgehead atoms. The van der Waals surface area contributed by atoms with E-state index in [2.05, 4.69) is 43.2 Å². The van der Waals surface area contributed by atoms with E-state index >= 15 is 0 Å². The SMILES string of the molecule is CC1CC(NC2CCC(N(C)C)C2)CN1C. The van der Waals surface area contributed by atoms with E-state index in [9.17, 15) is 0 Å². The molecule has 3 heteroatoms. The monoisotopic (exact) mass is 225 g/mol. The second kappa shape index (κ2) is 5.03. The summed E-state index contributed by atoms with van der Waals surface area (Å²) in [5.41, 5.74) is 0. The highest BCUT2D eigenvalue weighted by molar-refractivity contribution is 4.91. The maximum Gasteiger partial charge on any atom is 0.0212 e. The lowest BCUT2D eigenvalue weighted by molar-refractivity contribution is 0.289. The molecule has 0 amide bonds. The lowest BCUT2D eigenvalue weighted by Gasteiger charge is -2.21. The van der Waals surface area contributed by atoms with E-state index in [1.165, 1.54) is 32.2 Å². The Balaban J connectivity index is 1.75. The first-order valence-electron chi connectivity index (χ1n) is 6.69. The van der Waals surface area contributed by atoms with Gasteiger partial charge in [0, 0.05) is 30.7 Å². The van der Waals surface area contributed by atoms with Crippen molar-refractivity contribution >= 4 is 0 Å². The van der Waals surface area contributed by atoms with Crippen molar-refractivity contribution < 1.29 is 0 Å². The van der Waals surface area contributed by atoms with Crippen LogP contribution in [0.15, 0.2) is 0 Å². The molecule has 0 aromatic rings. The van der Waals surface area contributed by atoms with Gasteiger partial charge in [0.2, 0.25) is 0 Å². The number of likely N-dealkylation sites (tertiary alicyclic amines) is 1. The zero-order chi connectivity index (χ0) is 11.7. The Kier molecular flexibility index (Phi) is 3.88. The number of nitrogens with one attached hydrogen (secondary N) is 1. The van der Waals surface area contributed by atoms with Gasteiger partial charge in [-0.15, -0.1) is 0 Å². The highest BCUT2D eigenvalue weighted by Crippen LogP contribution is 2.24. The second-order valence-electron chi connectivity index (χ2n) is 6.02. The summed E-state index contributed by atoms with van der Waals surface area (Å²) in [6, 6.07) is 3.04. The molecule has 16 heavy (non-hydrogen) atoms. The highest BCUT2D eigenvalue weighted by Gasteiger charge is 2.31. The standard InChI is InChI=1S/C13H27N3/c1-10-7-12(9-16(10)4)14-11-5-6-13(8-11)15(2)3/h10-14H,5-9H2,1-4H3. The first-order valence-corrected chi connectivity index (χ1v) is 6.69. The zero-order valence-corrected chi connectivity index (χ0v) is 11.2. The molecule has 0 aromatic heterocycles. The summed E-state index contributed by atoms with van der Waals surface area (Å²) in [4.78, 5) is 4.85. The largest absolute Gasteiger partial charge is 0.310 e. The van der Waals surface area contributed by atoms with Crippen LogP contribution in [-0.4, -0.2) is 61.7 Å². The minimum Gasteiger partial charge on any atom is -0.310 e. The summed E-state index contributed by atoms with van der Waals surface area (Å²) in [6.07, 6.45) is 5.38. The van der Waals surface area contributed by atoms with Crippen molar-refractivity contribution in [2.45, 2.75) is 56.8 Å². The molecule has 4 unspecified atom stereocenters. The van der Waals surface area contributed by atoms with Crippen LogP contribution in [0.2, 0.25) is 0 Å². The molecule has 0 aromatic carbocycles. The van der Waals surface area contributed by atoms with Crippen LogP contribution < -0.4 is 5.32 Å². The predicted molar refractivity (Wildman–Crippen MR) is 68.7 cm³/mol. The third-order valence-corrected chi connectivity index (χ3v) is 4.49. The van der Waals surface area contributed by atoms with E-state index in [1.807, 2.05) is 0 Å². The Bertz CT molecular complexity index is 219. The van der Waals surface area contributed by atoms with Crippen LogP contribution in [-0.2, 0) is 0 Å². The maximum absolute atomic E-state index is 3.86. The van der Waals surface area contributed by atoms with E-state index in [1.54, 1.807) is 0 Å². The Labute approximate surface area is 100 Å². The van der Waals surface area contributed by atoms with Crippen molar-refractivity contribution in [2.75, 3.05) is 27.7 Å². The average molecular weight is 225 g/mol. The van der Waals surface area contributed by atoms with Crippen LogP contribution in [0.3, 0.4) is 0 Å². The summed E-state index contributed by atoms with van der Waals surface area (Å²) >= 11 is 0. The first-order chi connectivity index (χ1) is 7.56. The van der Waals surface area contributed by atoms with Gasteiger partial charge in [0.15, 0.2) is 0 Å². The fourth-order valence-electron chi connectivity index (χ4n) is 3.23. The third-order valence-electron chi connectivity index (χ3n) is 4.49. The summed E-state index contributed by atoms with van der Waals surface area (Å²) in [6.45, 7) is 3.56. The molecule has 1 saturated heterocycles. The predicted octanol–water partition coefficient (Wildman–Crippen LogP) is 1.15. The minimum atomic E-state index is 0.728. The van der Waals surface area contributed by atoms with E-state index in [0.29, 0.717) is 0 Å². The second-order valence-corrected chi connectivity index (χ2v) is 6.02. The molecule has 2 rings (SSSR count). The van der Waals surface area contributed by atoms with Crippen molar-refractivity contribution in [3.05, 3.63) is 0 Å². The fraction of sp³-hybridized carbons (Fsp3) is 1.00. The van der Waals surface area contributed by atoms with Crippen LogP contribution in [0.1, 0.15) is 32.6 Å². The first kappa shape index (κ1) is 12.3. The van der Waals surface area contributed by atoms with E-state index in [4.69, 9.17) is 0 Å². The van der Waals surface area contributed by atoms with E-state index in [0.717, 1.165) is 24.2 Å². The zero-order valence-electron chi connectivity index (χ0n) is 11.2. The topological polar surface area (TPSA) is 18.5 Å². The molecule has 1 aliphatic carbocycles. The smallest absolute Gasteiger partial charge is 0.0212 e. The summed E-state index contributed by atoms with van der Waals surface area (Å²) in [5.74, 6) is 0. The van der Waals surface area contributed by atoms with Crippen LogP contribution in [0.4, 0.5) is 0 Å². The Morgan fingerprint density at radius 1 is 1.12 bits per heavy atom. The molecule has 1 heterocycles. The van der Waals surface area contributed by atoms with Gasteiger partial charge in [0.25, 0.3) is 0 Å². The molecule has 0 spiro atoms. The third kappa shape index (κ3) is 2.76. The minimum absolute atomic E-state index is 0.728.